The van der Waals surface area contributed by atoms with E-state index in [1.807, 2.05) is 0 Å². The van der Waals surface area contributed by atoms with Gasteiger partial charge in [-0.15, -0.1) is 0 Å². The first kappa shape index (κ1) is 16.6. The molecule has 0 saturated heterocycles. The van der Waals surface area contributed by atoms with Gasteiger partial charge in [0.1, 0.15) is 0 Å². The summed E-state index contributed by atoms with van der Waals surface area (Å²) in [5.74, 6) is 0. The first-order chi connectivity index (χ1) is 8.52. The van der Waals surface area contributed by atoms with Crippen LogP contribution < -0.4 is 0 Å². The molecule has 0 fully saturated rings. The Hall–Kier alpha value is -1.38. The molecule has 0 aliphatic heterocycles. The number of nitro groups is 1. The molecule has 102 valence electrons. The molecule has 0 aliphatic carbocycles. The van der Waals surface area contributed by atoms with Crippen molar-refractivity contribution in [3.63, 3.8) is 0 Å². The van der Waals surface area contributed by atoms with Crippen LogP contribution in [0.2, 0.25) is 0 Å². The summed E-state index contributed by atoms with van der Waals surface area (Å²) in [6.45, 7) is 6.42. The van der Waals surface area contributed by atoms with Gasteiger partial charge in [0.25, 0.3) is 0 Å². The predicted octanol–water partition coefficient (Wildman–Crippen LogP) is 5.03. The van der Waals surface area contributed by atoms with Crippen LogP contribution in [0.5, 0.6) is 0 Å². The summed E-state index contributed by atoms with van der Waals surface area (Å²) in [4.78, 5) is 9.62. The molecule has 0 amide bonds. The molecule has 18 heavy (non-hydrogen) atoms. The number of nitrogens with zero attached hydrogens (tertiary/aromatic N) is 1. The Morgan fingerprint density at radius 1 is 1.06 bits per heavy atom. The lowest BCUT2D eigenvalue weighted by molar-refractivity contribution is -0.402. The lowest BCUT2D eigenvalue weighted by Crippen LogP contribution is -1.82. The van der Waals surface area contributed by atoms with Gasteiger partial charge in [-0.25, -0.2) is 0 Å². The van der Waals surface area contributed by atoms with Crippen LogP contribution in [0.25, 0.3) is 0 Å². The average molecular weight is 251 g/mol. The summed E-state index contributed by atoms with van der Waals surface area (Å²) in [6, 6.07) is 0. The lowest BCUT2D eigenvalue weighted by Gasteiger charge is -1.99. The van der Waals surface area contributed by atoms with Crippen molar-refractivity contribution in [3.8, 4) is 0 Å². The van der Waals surface area contributed by atoms with E-state index in [1.165, 1.54) is 11.1 Å². The van der Waals surface area contributed by atoms with Crippen molar-refractivity contribution in [2.24, 2.45) is 0 Å². The highest BCUT2D eigenvalue weighted by Gasteiger charge is 1.91. The van der Waals surface area contributed by atoms with E-state index in [-0.39, 0.29) is 0 Å². The van der Waals surface area contributed by atoms with Crippen molar-refractivity contribution in [1.82, 2.24) is 0 Å². The van der Waals surface area contributed by atoms with Gasteiger partial charge in [0.05, 0.1) is 4.92 Å². The largest absolute Gasteiger partial charge is 0.259 e. The quantitative estimate of drug-likeness (QED) is 0.249. The van der Waals surface area contributed by atoms with E-state index < -0.39 is 4.92 Å². The predicted molar refractivity (Wildman–Crippen MR) is 77.0 cm³/mol. The van der Waals surface area contributed by atoms with Crippen molar-refractivity contribution in [3.05, 3.63) is 45.7 Å². The van der Waals surface area contributed by atoms with Gasteiger partial charge in [0.2, 0.25) is 6.20 Å². The third kappa shape index (κ3) is 12.7. The minimum Gasteiger partial charge on any atom is -0.259 e. The summed E-state index contributed by atoms with van der Waals surface area (Å²) in [7, 11) is 0. The molecular formula is C15H25NO2. The van der Waals surface area contributed by atoms with Gasteiger partial charge >= 0.3 is 0 Å². The average Bonchev–Trinajstić information content (AvgIpc) is 2.26. The van der Waals surface area contributed by atoms with E-state index in [9.17, 15) is 10.1 Å². The van der Waals surface area contributed by atoms with Crippen molar-refractivity contribution in [2.75, 3.05) is 0 Å². The van der Waals surface area contributed by atoms with Crippen molar-refractivity contribution in [2.45, 2.75) is 59.3 Å². The smallest absolute Gasteiger partial charge is 0.230 e. The molecule has 0 aromatic heterocycles. The minimum atomic E-state index is -0.409. The van der Waals surface area contributed by atoms with Crippen LogP contribution >= 0.6 is 0 Å². The molecule has 3 heteroatoms. The molecule has 0 atom stereocenters. The molecule has 0 unspecified atom stereocenters. The van der Waals surface area contributed by atoms with Gasteiger partial charge in [-0.3, -0.25) is 10.1 Å². The van der Waals surface area contributed by atoms with Gasteiger partial charge in [-0.1, -0.05) is 23.3 Å². The number of hydrogen-bond donors (Lipinski definition) is 0. The van der Waals surface area contributed by atoms with Gasteiger partial charge in [-0.05, 0) is 65.4 Å². The van der Waals surface area contributed by atoms with Crippen LogP contribution in [0, 0.1) is 10.1 Å². The molecule has 3 nitrogen and oxygen atoms in total. The number of unbranched alkanes of at least 4 members (excludes halogenated alkanes) is 3. The van der Waals surface area contributed by atoms with Crippen molar-refractivity contribution in [1.29, 1.82) is 0 Å². The van der Waals surface area contributed by atoms with Crippen LogP contribution in [0.1, 0.15) is 59.3 Å². The van der Waals surface area contributed by atoms with E-state index in [1.54, 1.807) is 6.08 Å². The maximum atomic E-state index is 10.0. The van der Waals surface area contributed by atoms with Crippen LogP contribution in [-0.4, -0.2) is 4.92 Å². The fourth-order valence-corrected chi connectivity index (χ4v) is 1.61. The molecule has 0 heterocycles. The van der Waals surface area contributed by atoms with Gasteiger partial charge in [-0.2, -0.15) is 0 Å². The summed E-state index contributed by atoms with van der Waals surface area (Å²) in [5.41, 5.74) is 2.81. The SMILES string of the molecule is CC(C)=CCC/C(C)=C/CCCC/C=C\[N+](=O)[O-]. The van der Waals surface area contributed by atoms with Gasteiger partial charge in [0, 0.05) is 0 Å². The molecule has 0 aromatic rings. The molecular weight excluding hydrogens is 226 g/mol. The van der Waals surface area contributed by atoms with E-state index in [0.717, 1.165) is 44.7 Å². The molecule has 0 aromatic carbocycles. The second-order valence-corrected chi connectivity index (χ2v) is 4.83. The van der Waals surface area contributed by atoms with Gasteiger partial charge in [0.15, 0.2) is 0 Å². The zero-order chi connectivity index (χ0) is 13.8. The van der Waals surface area contributed by atoms with Crippen LogP contribution in [0.15, 0.2) is 35.6 Å². The van der Waals surface area contributed by atoms with E-state index in [4.69, 9.17) is 0 Å². The molecule has 0 saturated carbocycles. The Bertz CT molecular complexity index is 323. The maximum Gasteiger partial charge on any atom is 0.230 e. The maximum absolute atomic E-state index is 10.0. The van der Waals surface area contributed by atoms with E-state index in [2.05, 4.69) is 32.9 Å². The summed E-state index contributed by atoms with van der Waals surface area (Å²) in [6.07, 6.45) is 13.5. The van der Waals surface area contributed by atoms with Crippen LogP contribution in [0.3, 0.4) is 0 Å². The Kier molecular flexibility index (Phi) is 9.93. The first-order valence-electron chi connectivity index (χ1n) is 6.61. The van der Waals surface area contributed by atoms with Crippen LogP contribution in [0.4, 0.5) is 0 Å². The zero-order valence-electron chi connectivity index (χ0n) is 11.8. The molecule has 0 rings (SSSR count). The second-order valence-electron chi connectivity index (χ2n) is 4.83. The molecule has 0 radical (unpaired) electrons. The summed E-state index contributed by atoms with van der Waals surface area (Å²) in [5, 5.41) is 10.0. The topological polar surface area (TPSA) is 43.1 Å². The van der Waals surface area contributed by atoms with E-state index in [0.29, 0.717) is 0 Å². The number of allylic oxidation sites excluding steroid dienone is 5. The molecule has 0 spiro atoms. The molecule has 0 N–H and O–H groups in total. The summed E-state index contributed by atoms with van der Waals surface area (Å²) >= 11 is 0. The number of hydrogen-bond acceptors (Lipinski definition) is 2. The summed E-state index contributed by atoms with van der Waals surface area (Å²) < 4.78 is 0. The van der Waals surface area contributed by atoms with Gasteiger partial charge < -0.3 is 0 Å². The second kappa shape index (κ2) is 10.8. The third-order valence-electron chi connectivity index (χ3n) is 2.64. The third-order valence-corrected chi connectivity index (χ3v) is 2.64. The molecule has 0 bridgehead atoms. The normalized spacial score (nSPS) is 11.8. The fraction of sp³-hybridized carbons (Fsp3) is 0.600. The lowest BCUT2D eigenvalue weighted by atomic mass is 10.1. The number of rotatable bonds is 9. The minimum absolute atomic E-state index is 0.409. The zero-order valence-corrected chi connectivity index (χ0v) is 11.8. The Morgan fingerprint density at radius 2 is 1.72 bits per heavy atom. The van der Waals surface area contributed by atoms with Crippen molar-refractivity contribution < 1.29 is 4.92 Å². The monoisotopic (exact) mass is 251 g/mol. The van der Waals surface area contributed by atoms with E-state index >= 15 is 0 Å². The highest BCUT2D eigenvalue weighted by atomic mass is 16.6. The highest BCUT2D eigenvalue weighted by Crippen LogP contribution is 2.10. The Balaban J connectivity index is 3.57. The standard InChI is InChI=1S/C15H25NO2/c1-14(2)10-9-12-15(3)11-7-5-4-6-8-13-16(17)18/h8,10-11,13H,4-7,9,12H2,1-3H3/b13-8-,15-11+. The van der Waals surface area contributed by atoms with Crippen LogP contribution in [-0.2, 0) is 0 Å². The molecule has 0 aliphatic rings. The fourth-order valence-electron chi connectivity index (χ4n) is 1.61. The first-order valence-corrected chi connectivity index (χ1v) is 6.61. The van der Waals surface area contributed by atoms with Crippen molar-refractivity contribution >= 4 is 0 Å². The highest BCUT2D eigenvalue weighted by molar-refractivity contribution is 5.02. The Morgan fingerprint density at radius 3 is 2.33 bits per heavy atom. The Labute approximate surface area is 110 Å².